The van der Waals surface area contributed by atoms with Crippen molar-refractivity contribution in [2.75, 3.05) is 11.9 Å². The molecule has 0 aliphatic carbocycles. The molecule has 0 aromatic heterocycles. The molecule has 126 valence electrons. The van der Waals surface area contributed by atoms with Crippen LogP contribution in [0.1, 0.15) is 28.4 Å². The summed E-state index contributed by atoms with van der Waals surface area (Å²) in [5.74, 6) is -1.16. The highest BCUT2D eigenvalue weighted by Gasteiger charge is 2.13. The summed E-state index contributed by atoms with van der Waals surface area (Å²) in [7, 11) is 0. The number of amides is 1. The van der Waals surface area contributed by atoms with Gasteiger partial charge in [0.1, 0.15) is 11.6 Å². The van der Waals surface area contributed by atoms with Crippen LogP contribution < -0.4 is 10.1 Å². The fourth-order valence-corrected chi connectivity index (χ4v) is 2.66. The fourth-order valence-electron chi connectivity index (χ4n) is 2.30. The molecule has 2 aromatic rings. The quantitative estimate of drug-likeness (QED) is 0.818. The van der Waals surface area contributed by atoms with E-state index in [2.05, 4.69) is 5.32 Å². The van der Waals surface area contributed by atoms with Gasteiger partial charge in [-0.3, -0.25) is 9.59 Å². The summed E-state index contributed by atoms with van der Waals surface area (Å²) in [5, 5.41) is 3.12. The molecule has 0 aliphatic heterocycles. The topological polar surface area (TPSA) is 55.4 Å². The lowest BCUT2D eigenvalue weighted by atomic mass is 10.1. The summed E-state index contributed by atoms with van der Waals surface area (Å²) in [6, 6.07) is 7.22. The molecule has 0 radical (unpaired) electrons. The Morgan fingerprint density at radius 2 is 1.92 bits per heavy atom. The molecule has 0 spiro atoms. The van der Waals surface area contributed by atoms with Gasteiger partial charge in [0.25, 0.3) is 5.91 Å². The maximum absolute atomic E-state index is 13.2. The molecule has 0 saturated carbocycles. The summed E-state index contributed by atoms with van der Waals surface area (Å²) >= 11 is 6.14. The van der Waals surface area contributed by atoms with Gasteiger partial charge < -0.3 is 10.1 Å². The van der Waals surface area contributed by atoms with Crippen LogP contribution >= 0.6 is 11.6 Å². The van der Waals surface area contributed by atoms with Crippen molar-refractivity contribution in [3.8, 4) is 5.75 Å². The first-order valence-corrected chi connectivity index (χ1v) is 7.65. The highest BCUT2D eigenvalue weighted by Crippen LogP contribution is 2.27. The second-order valence-electron chi connectivity index (χ2n) is 5.47. The second kappa shape index (κ2) is 7.45. The Hall–Kier alpha value is -2.40. The van der Waals surface area contributed by atoms with Crippen LogP contribution in [0.25, 0.3) is 0 Å². The third kappa shape index (κ3) is 4.32. The van der Waals surface area contributed by atoms with E-state index in [-0.39, 0.29) is 23.7 Å². The Morgan fingerprint density at radius 3 is 2.54 bits per heavy atom. The number of ketones is 1. The lowest BCUT2D eigenvalue weighted by Crippen LogP contribution is -2.21. The minimum Gasteiger partial charge on any atom is -0.483 e. The largest absolute Gasteiger partial charge is 0.483 e. The lowest BCUT2D eigenvalue weighted by molar-refractivity contribution is -0.118. The molecule has 2 rings (SSSR count). The first-order valence-electron chi connectivity index (χ1n) is 7.28. The molecule has 4 nitrogen and oxygen atoms in total. The standard InChI is InChI=1S/C18H17ClFNO3/c1-10-6-11(2)18(15(19)7-10)21-17(23)9-24-16-5-4-13(20)8-14(16)12(3)22/h4-8H,9H2,1-3H3,(H,21,23). The molecular weight excluding hydrogens is 333 g/mol. The number of hydrogen-bond donors (Lipinski definition) is 1. The van der Waals surface area contributed by atoms with Gasteiger partial charge in [0.2, 0.25) is 0 Å². The van der Waals surface area contributed by atoms with Crippen LogP contribution in [0.5, 0.6) is 5.75 Å². The van der Waals surface area contributed by atoms with Crippen molar-refractivity contribution in [2.24, 2.45) is 0 Å². The molecule has 0 heterocycles. The summed E-state index contributed by atoms with van der Waals surface area (Å²) in [4.78, 5) is 23.6. The van der Waals surface area contributed by atoms with Gasteiger partial charge in [0.05, 0.1) is 16.3 Å². The first kappa shape index (κ1) is 17.9. The molecule has 0 aliphatic rings. The zero-order valence-corrected chi connectivity index (χ0v) is 14.3. The van der Waals surface area contributed by atoms with Crippen LogP contribution in [-0.2, 0) is 4.79 Å². The Morgan fingerprint density at radius 1 is 1.21 bits per heavy atom. The zero-order valence-electron chi connectivity index (χ0n) is 13.6. The SMILES string of the molecule is CC(=O)c1cc(F)ccc1OCC(=O)Nc1c(C)cc(C)cc1Cl. The minimum absolute atomic E-state index is 0.0901. The van der Waals surface area contributed by atoms with Crippen LogP contribution in [-0.4, -0.2) is 18.3 Å². The van der Waals surface area contributed by atoms with Gasteiger partial charge in [-0.1, -0.05) is 17.7 Å². The number of hydrogen-bond acceptors (Lipinski definition) is 3. The van der Waals surface area contributed by atoms with E-state index < -0.39 is 11.7 Å². The molecule has 0 bridgehead atoms. The maximum Gasteiger partial charge on any atom is 0.262 e. The molecule has 1 N–H and O–H groups in total. The van der Waals surface area contributed by atoms with E-state index in [4.69, 9.17) is 16.3 Å². The van der Waals surface area contributed by atoms with Gasteiger partial charge in [-0.2, -0.15) is 0 Å². The van der Waals surface area contributed by atoms with Crippen molar-refractivity contribution < 1.29 is 18.7 Å². The van der Waals surface area contributed by atoms with Crippen molar-refractivity contribution in [1.82, 2.24) is 0 Å². The molecule has 0 fully saturated rings. The fraction of sp³-hybridized carbons (Fsp3) is 0.222. The summed E-state index contributed by atoms with van der Waals surface area (Å²) in [6.07, 6.45) is 0. The highest BCUT2D eigenvalue weighted by atomic mass is 35.5. The van der Waals surface area contributed by atoms with Crippen LogP contribution in [0, 0.1) is 19.7 Å². The van der Waals surface area contributed by atoms with Gasteiger partial charge in [-0.25, -0.2) is 4.39 Å². The molecule has 1 amide bonds. The third-order valence-electron chi connectivity index (χ3n) is 3.38. The Labute approximate surface area is 144 Å². The maximum atomic E-state index is 13.2. The monoisotopic (exact) mass is 349 g/mol. The van der Waals surface area contributed by atoms with Gasteiger partial charge in [0.15, 0.2) is 12.4 Å². The predicted molar refractivity (Wildman–Crippen MR) is 91.5 cm³/mol. The van der Waals surface area contributed by atoms with Gasteiger partial charge in [-0.05, 0) is 56.2 Å². The summed E-state index contributed by atoms with van der Waals surface area (Å²) < 4.78 is 18.6. The number of halogens is 2. The average Bonchev–Trinajstić information content (AvgIpc) is 2.49. The molecule has 0 saturated heterocycles. The van der Waals surface area contributed by atoms with E-state index in [1.165, 1.54) is 19.1 Å². The normalized spacial score (nSPS) is 10.4. The Bertz CT molecular complexity index is 782. The van der Waals surface area contributed by atoms with Gasteiger partial charge in [-0.15, -0.1) is 0 Å². The number of carbonyl (C=O) groups excluding carboxylic acids is 2. The van der Waals surface area contributed by atoms with E-state index in [1.54, 1.807) is 6.07 Å². The van der Waals surface area contributed by atoms with Crippen molar-refractivity contribution >= 4 is 29.0 Å². The van der Waals surface area contributed by atoms with Gasteiger partial charge in [0, 0.05) is 0 Å². The third-order valence-corrected chi connectivity index (χ3v) is 3.67. The van der Waals surface area contributed by atoms with E-state index in [0.29, 0.717) is 10.7 Å². The first-order chi connectivity index (χ1) is 11.3. The smallest absolute Gasteiger partial charge is 0.262 e. The number of anilines is 1. The molecular formula is C18H17ClFNO3. The summed E-state index contributed by atoms with van der Waals surface area (Å²) in [6.45, 7) is 4.72. The van der Waals surface area contributed by atoms with Crippen molar-refractivity contribution in [3.05, 3.63) is 57.9 Å². The van der Waals surface area contributed by atoms with E-state index >= 15 is 0 Å². The number of Topliss-reactive ketones (excluding diaryl/α,β-unsaturated/α-hetero) is 1. The van der Waals surface area contributed by atoms with E-state index in [1.807, 2.05) is 19.9 Å². The number of aryl methyl sites for hydroxylation is 2. The second-order valence-corrected chi connectivity index (χ2v) is 5.88. The minimum atomic E-state index is -0.543. The number of rotatable bonds is 5. The number of nitrogens with one attached hydrogen (secondary N) is 1. The van der Waals surface area contributed by atoms with Crippen molar-refractivity contribution in [2.45, 2.75) is 20.8 Å². The number of benzene rings is 2. The molecule has 2 aromatic carbocycles. The number of carbonyl (C=O) groups is 2. The van der Waals surface area contributed by atoms with Crippen LogP contribution in [0.2, 0.25) is 5.02 Å². The molecule has 24 heavy (non-hydrogen) atoms. The van der Waals surface area contributed by atoms with E-state index in [0.717, 1.165) is 17.2 Å². The van der Waals surface area contributed by atoms with Crippen molar-refractivity contribution in [1.29, 1.82) is 0 Å². The Kier molecular flexibility index (Phi) is 5.57. The molecule has 6 heteroatoms. The molecule has 0 unspecified atom stereocenters. The summed E-state index contributed by atoms with van der Waals surface area (Å²) in [5.41, 5.74) is 2.43. The van der Waals surface area contributed by atoms with E-state index in [9.17, 15) is 14.0 Å². The molecule has 0 atom stereocenters. The Balaban J connectivity index is 2.09. The predicted octanol–water partition coefficient (Wildman–Crippen LogP) is 4.32. The lowest BCUT2D eigenvalue weighted by Gasteiger charge is -2.13. The van der Waals surface area contributed by atoms with Crippen molar-refractivity contribution in [3.63, 3.8) is 0 Å². The average molecular weight is 350 g/mol. The zero-order chi connectivity index (χ0) is 17.9. The number of ether oxygens (including phenoxy) is 1. The van der Waals surface area contributed by atoms with Gasteiger partial charge >= 0.3 is 0 Å². The van der Waals surface area contributed by atoms with Crippen LogP contribution in [0.4, 0.5) is 10.1 Å². The van der Waals surface area contributed by atoms with Crippen LogP contribution in [0.3, 0.4) is 0 Å². The highest BCUT2D eigenvalue weighted by molar-refractivity contribution is 6.34. The van der Waals surface area contributed by atoms with Crippen LogP contribution in [0.15, 0.2) is 30.3 Å².